The number of likely N-dealkylation sites (tertiary alicyclic amines) is 1. The lowest BCUT2D eigenvalue weighted by atomic mass is 9.88. The predicted octanol–water partition coefficient (Wildman–Crippen LogP) is 6.30. The largest absolute Gasteiger partial charge is 0.384 e. The van der Waals surface area contributed by atoms with E-state index in [1.165, 1.54) is 25.7 Å². The van der Waals surface area contributed by atoms with Crippen LogP contribution in [0.1, 0.15) is 90.0 Å². The number of benzene rings is 2. The molecular weight excluding hydrogens is 524 g/mol. The van der Waals surface area contributed by atoms with E-state index in [1.54, 1.807) is 18.2 Å². The first-order valence-electron chi connectivity index (χ1n) is 15.9. The minimum Gasteiger partial charge on any atom is -0.384 e. The Labute approximate surface area is 249 Å². The first kappa shape index (κ1) is 30.0. The van der Waals surface area contributed by atoms with Crippen LogP contribution in [0.3, 0.4) is 0 Å². The molecule has 0 spiro atoms. The van der Waals surface area contributed by atoms with E-state index >= 15 is 0 Å². The van der Waals surface area contributed by atoms with Gasteiger partial charge in [-0.05, 0) is 83.2 Å². The van der Waals surface area contributed by atoms with Crippen molar-refractivity contribution in [3.8, 4) is 11.3 Å². The summed E-state index contributed by atoms with van der Waals surface area (Å²) in [6.45, 7) is 6.34. The zero-order chi connectivity index (χ0) is 29.6. The average molecular weight is 571 g/mol. The Kier molecular flexibility index (Phi) is 9.73. The number of carbonyl (C=O) groups excluding carboxylic acids is 1. The maximum absolute atomic E-state index is 14.0. The van der Waals surface area contributed by atoms with E-state index in [4.69, 9.17) is 16.1 Å². The minimum atomic E-state index is -0.169. The molecule has 0 bridgehead atoms. The molecular formula is C34H46N6O2. The summed E-state index contributed by atoms with van der Waals surface area (Å²) in [5.41, 5.74) is 9.24. The highest BCUT2D eigenvalue weighted by Crippen LogP contribution is 2.27. The highest BCUT2D eigenvalue weighted by Gasteiger charge is 2.24. The Morgan fingerprint density at radius 3 is 2.43 bits per heavy atom. The molecule has 2 aromatic carbocycles. The number of amides is 1. The van der Waals surface area contributed by atoms with Crippen molar-refractivity contribution in [1.29, 1.82) is 5.41 Å². The van der Waals surface area contributed by atoms with Crippen LogP contribution in [0.25, 0.3) is 22.3 Å². The molecule has 5 rings (SSSR count). The summed E-state index contributed by atoms with van der Waals surface area (Å²) in [5, 5.41) is 11.0. The summed E-state index contributed by atoms with van der Waals surface area (Å²) in [6.07, 6.45) is 12.1. The number of amidine groups is 1. The van der Waals surface area contributed by atoms with Gasteiger partial charge in [0.25, 0.3) is 5.56 Å². The van der Waals surface area contributed by atoms with Crippen LogP contribution < -0.4 is 16.6 Å². The molecule has 8 nitrogen and oxygen atoms in total. The van der Waals surface area contributed by atoms with Crippen LogP contribution in [0.4, 0.5) is 5.69 Å². The van der Waals surface area contributed by atoms with Gasteiger partial charge in [-0.3, -0.25) is 19.9 Å². The fourth-order valence-corrected chi connectivity index (χ4v) is 6.83. The number of nitrogens with zero attached hydrogens (tertiary/aromatic N) is 3. The highest BCUT2D eigenvalue weighted by atomic mass is 16.2. The van der Waals surface area contributed by atoms with Crippen molar-refractivity contribution in [1.82, 2.24) is 14.5 Å². The first-order chi connectivity index (χ1) is 20.3. The van der Waals surface area contributed by atoms with Crippen LogP contribution in [0.5, 0.6) is 0 Å². The maximum atomic E-state index is 14.0. The number of hydrogen-bond acceptors (Lipinski definition) is 5. The minimum absolute atomic E-state index is 0.0475. The van der Waals surface area contributed by atoms with Gasteiger partial charge < -0.3 is 15.6 Å². The number of unbranched alkanes of at least 4 members (excludes halogenated alkanes) is 2. The Balaban J connectivity index is 1.40. The van der Waals surface area contributed by atoms with Crippen LogP contribution in [0.15, 0.2) is 47.3 Å². The third-order valence-corrected chi connectivity index (χ3v) is 9.31. The Bertz CT molecular complexity index is 1460. The molecule has 8 heteroatoms. The Hall–Kier alpha value is -3.52. The molecule has 224 valence electrons. The lowest BCUT2D eigenvalue weighted by molar-refractivity contribution is -0.120. The predicted molar refractivity (Wildman–Crippen MR) is 171 cm³/mol. The molecule has 2 atom stereocenters. The summed E-state index contributed by atoms with van der Waals surface area (Å²) >= 11 is 0. The molecule has 1 saturated heterocycles. The number of piperidine rings is 1. The van der Waals surface area contributed by atoms with Gasteiger partial charge in [0.05, 0.1) is 11.0 Å². The Morgan fingerprint density at radius 1 is 0.952 bits per heavy atom. The number of fused-ring (bicyclic) bond motifs is 1. The van der Waals surface area contributed by atoms with E-state index < -0.39 is 0 Å². The number of carbonyl (C=O) groups is 1. The average Bonchev–Trinajstić information content (AvgIpc) is 2.99. The summed E-state index contributed by atoms with van der Waals surface area (Å²) in [7, 11) is 0. The standard InChI is InChI=1S/C34H46N6O2/c1-23-11-9-12-24(2)39(23)19-7-4-8-20-40-30-22-28(37-33(41)25-13-5-3-6-14-25)17-18-29(30)38-31(34(40)42)26-15-10-16-27(21-26)32(35)36/h10,15-18,21-25H,3-9,11-14,19-20H2,1-2H3,(H3,35,36)(H,37,41)/t23-,24+. The molecule has 4 N–H and O–H groups in total. The van der Waals surface area contributed by atoms with Gasteiger partial charge in [0.15, 0.2) is 0 Å². The number of nitrogen functional groups attached to an aromatic ring is 1. The lowest BCUT2D eigenvalue weighted by Crippen LogP contribution is -2.44. The van der Waals surface area contributed by atoms with Crippen molar-refractivity contribution in [2.45, 2.75) is 103 Å². The maximum Gasteiger partial charge on any atom is 0.277 e. The van der Waals surface area contributed by atoms with Gasteiger partial charge in [-0.15, -0.1) is 0 Å². The second-order valence-electron chi connectivity index (χ2n) is 12.4. The lowest BCUT2D eigenvalue weighted by Gasteiger charge is -2.39. The number of nitrogens with one attached hydrogen (secondary N) is 2. The van der Waals surface area contributed by atoms with Crippen LogP contribution >= 0.6 is 0 Å². The van der Waals surface area contributed by atoms with Crippen molar-refractivity contribution in [3.05, 3.63) is 58.4 Å². The molecule has 1 saturated carbocycles. The third kappa shape index (κ3) is 6.92. The molecule has 1 amide bonds. The third-order valence-electron chi connectivity index (χ3n) is 9.31. The van der Waals surface area contributed by atoms with Crippen LogP contribution in [0.2, 0.25) is 0 Å². The van der Waals surface area contributed by atoms with E-state index in [0.29, 0.717) is 46.7 Å². The number of hydrogen-bond donors (Lipinski definition) is 3. The number of nitrogens with two attached hydrogens (primary N) is 1. The number of aromatic nitrogens is 2. The number of rotatable bonds is 10. The van der Waals surface area contributed by atoms with E-state index in [1.807, 2.05) is 28.8 Å². The molecule has 2 aliphatic rings. The van der Waals surface area contributed by atoms with Gasteiger partial charge >= 0.3 is 0 Å². The zero-order valence-corrected chi connectivity index (χ0v) is 25.2. The van der Waals surface area contributed by atoms with E-state index in [2.05, 4.69) is 24.1 Å². The smallest absolute Gasteiger partial charge is 0.277 e. The van der Waals surface area contributed by atoms with Crippen LogP contribution in [-0.2, 0) is 11.3 Å². The van der Waals surface area contributed by atoms with Gasteiger partial charge in [0.1, 0.15) is 11.5 Å². The van der Waals surface area contributed by atoms with Gasteiger partial charge in [-0.1, -0.05) is 50.3 Å². The molecule has 2 heterocycles. The van der Waals surface area contributed by atoms with E-state index in [0.717, 1.165) is 57.0 Å². The van der Waals surface area contributed by atoms with E-state index in [9.17, 15) is 9.59 Å². The highest BCUT2D eigenvalue weighted by molar-refractivity contribution is 5.96. The molecule has 1 aliphatic carbocycles. The fourth-order valence-electron chi connectivity index (χ4n) is 6.83. The topological polar surface area (TPSA) is 117 Å². The summed E-state index contributed by atoms with van der Waals surface area (Å²) in [4.78, 5) is 34.3. The van der Waals surface area contributed by atoms with Gasteiger partial charge in [-0.2, -0.15) is 0 Å². The molecule has 1 aliphatic heterocycles. The molecule has 0 radical (unpaired) electrons. The van der Waals surface area contributed by atoms with E-state index in [-0.39, 0.29) is 23.2 Å². The molecule has 0 unspecified atom stereocenters. The van der Waals surface area contributed by atoms with Crippen LogP contribution in [0, 0.1) is 11.3 Å². The second-order valence-corrected chi connectivity index (χ2v) is 12.4. The van der Waals surface area contributed by atoms with Gasteiger partial charge in [0, 0.05) is 41.4 Å². The molecule has 2 fully saturated rings. The summed E-state index contributed by atoms with van der Waals surface area (Å²) < 4.78 is 1.82. The van der Waals surface area contributed by atoms with Crippen molar-refractivity contribution in [2.24, 2.45) is 11.7 Å². The quantitative estimate of drug-likeness (QED) is 0.150. The fraction of sp³-hybridized carbons (Fsp3) is 0.529. The monoisotopic (exact) mass is 570 g/mol. The normalized spacial score (nSPS) is 20.0. The van der Waals surface area contributed by atoms with Gasteiger partial charge in [0.2, 0.25) is 5.91 Å². The molecule has 3 aromatic rings. The SMILES string of the molecule is C[C@@H]1CCC[C@H](C)N1CCCCCn1c(=O)c(-c2cccc(C(=N)N)c2)nc2ccc(NC(=O)C3CCCCC3)cc21. The molecule has 1 aromatic heterocycles. The zero-order valence-electron chi connectivity index (χ0n) is 25.2. The van der Waals surface area contributed by atoms with Crippen molar-refractivity contribution < 1.29 is 4.79 Å². The Morgan fingerprint density at radius 2 is 1.69 bits per heavy atom. The first-order valence-corrected chi connectivity index (χ1v) is 15.9. The molecule has 42 heavy (non-hydrogen) atoms. The summed E-state index contributed by atoms with van der Waals surface area (Å²) in [5.74, 6) is 0.0689. The van der Waals surface area contributed by atoms with Gasteiger partial charge in [-0.25, -0.2) is 4.98 Å². The second kappa shape index (κ2) is 13.6. The number of aryl methyl sites for hydroxylation is 1. The number of anilines is 1. The van der Waals surface area contributed by atoms with Crippen molar-refractivity contribution in [3.63, 3.8) is 0 Å². The van der Waals surface area contributed by atoms with Crippen molar-refractivity contribution >= 4 is 28.5 Å². The summed E-state index contributed by atoms with van der Waals surface area (Å²) in [6, 6.07) is 14.1. The van der Waals surface area contributed by atoms with Crippen molar-refractivity contribution in [2.75, 3.05) is 11.9 Å². The van der Waals surface area contributed by atoms with Crippen LogP contribution in [-0.4, -0.2) is 44.8 Å².